The molecule has 0 spiro atoms. The monoisotopic (exact) mass is 426 g/mol. The van der Waals surface area contributed by atoms with Crippen LogP contribution in [0.5, 0.6) is 11.8 Å². The zero-order valence-electron chi connectivity index (χ0n) is 19.4. The quantitative estimate of drug-likeness (QED) is 0.767. The molecule has 2 aliphatic heterocycles. The summed E-state index contributed by atoms with van der Waals surface area (Å²) >= 11 is 1.12. The van der Waals surface area contributed by atoms with Crippen LogP contribution in [0, 0.1) is 0 Å². The van der Waals surface area contributed by atoms with Gasteiger partial charge in [-0.1, -0.05) is 0 Å². The van der Waals surface area contributed by atoms with E-state index >= 15 is 0 Å². The van der Waals surface area contributed by atoms with Crippen molar-refractivity contribution in [2.24, 2.45) is 0 Å². The van der Waals surface area contributed by atoms with Crippen molar-refractivity contribution in [1.29, 1.82) is 0 Å². The smallest absolute Gasteiger partial charge is 0.291 e. The van der Waals surface area contributed by atoms with E-state index in [1.807, 2.05) is 27.7 Å². The molecule has 0 aliphatic carbocycles. The number of aromatic nitrogens is 2. The Morgan fingerprint density at radius 2 is 1.10 bits per heavy atom. The molecule has 0 atom stereocenters. The third-order valence-corrected chi connectivity index (χ3v) is 7.35. The molecule has 1 aromatic rings. The van der Waals surface area contributed by atoms with E-state index in [0.29, 0.717) is 24.6 Å². The number of rotatable bonds is 4. The van der Waals surface area contributed by atoms with E-state index in [2.05, 4.69) is 48.4 Å². The van der Waals surface area contributed by atoms with Crippen molar-refractivity contribution in [2.45, 2.75) is 115 Å². The normalized spacial score (nSPS) is 27.7. The van der Waals surface area contributed by atoms with Gasteiger partial charge in [0.1, 0.15) is 12.2 Å². The molecular weight excluding hydrogens is 388 g/mol. The van der Waals surface area contributed by atoms with Crippen LogP contribution in [0.15, 0.2) is 0 Å². The van der Waals surface area contributed by atoms with Gasteiger partial charge >= 0.3 is 0 Å². The maximum Gasteiger partial charge on any atom is 0.291 e. The maximum atomic E-state index is 10.5. The largest absolute Gasteiger partial charge is 0.470 e. The molecule has 1 N–H and O–H groups in total. The topological polar surface area (TPSA) is 71.0 Å². The SMILES string of the molecule is CN1C(C)(C)CC(Oc2nsnc2OC2CC(C)(C)N(O)C(C)(C)C2)CC1(C)C. The molecular formula is C21H38N4O3S. The molecule has 2 saturated heterocycles. The number of hydrogen-bond acceptors (Lipinski definition) is 8. The van der Waals surface area contributed by atoms with Gasteiger partial charge in [-0.05, 0) is 62.4 Å². The second kappa shape index (κ2) is 7.32. The van der Waals surface area contributed by atoms with Crippen LogP contribution in [0.1, 0.15) is 81.1 Å². The van der Waals surface area contributed by atoms with Gasteiger partial charge in [0.25, 0.3) is 11.8 Å². The summed E-state index contributed by atoms with van der Waals surface area (Å²) in [7, 11) is 2.19. The maximum absolute atomic E-state index is 10.5. The highest BCUT2D eigenvalue weighted by Crippen LogP contribution is 2.41. The Hall–Kier alpha value is -0.960. The van der Waals surface area contributed by atoms with Crippen LogP contribution in [-0.2, 0) is 0 Å². The third-order valence-electron chi connectivity index (χ3n) is 6.86. The van der Waals surface area contributed by atoms with E-state index < -0.39 is 0 Å². The van der Waals surface area contributed by atoms with Crippen LogP contribution in [0.4, 0.5) is 0 Å². The van der Waals surface area contributed by atoms with Gasteiger partial charge in [-0.25, -0.2) is 0 Å². The Bertz CT molecular complexity index is 637. The lowest BCUT2D eigenvalue weighted by molar-refractivity contribution is -0.255. The number of hydrogen-bond donors (Lipinski definition) is 1. The predicted molar refractivity (Wildman–Crippen MR) is 115 cm³/mol. The average Bonchev–Trinajstić information content (AvgIpc) is 2.96. The summed E-state index contributed by atoms with van der Waals surface area (Å²) in [5.74, 6) is 0.978. The molecule has 0 radical (unpaired) electrons. The molecule has 2 fully saturated rings. The van der Waals surface area contributed by atoms with E-state index in [9.17, 15) is 5.21 Å². The zero-order chi connectivity index (χ0) is 21.8. The van der Waals surface area contributed by atoms with E-state index in [0.717, 1.165) is 24.6 Å². The Labute approximate surface area is 179 Å². The Kier molecular flexibility index (Phi) is 5.74. The minimum Gasteiger partial charge on any atom is -0.470 e. The van der Waals surface area contributed by atoms with Crippen molar-refractivity contribution in [2.75, 3.05) is 7.05 Å². The Morgan fingerprint density at radius 1 is 0.759 bits per heavy atom. The van der Waals surface area contributed by atoms with Crippen LogP contribution in [-0.4, -0.2) is 65.3 Å². The van der Waals surface area contributed by atoms with Crippen molar-refractivity contribution >= 4 is 11.7 Å². The first-order chi connectivity index (χ1) is 13.1. The molecule has 0 bridgehead atoms. The summed E-state index contributed by atoms with van der Waals surface area (Å²) in [5, 5.41) is 12.0. The molecule has 3 heterocycles. The lowest BCUT2D eigenvalue weighted by Gasteiger charge is -2.53. The molecule has 2 aliphatic rings. The molecule has 0 aromatic carbocycles. The Balaban J connectivity index is 1.72. The van der Waals surface area contributed by atoms with Crippen LogP contribution < -0.4 is 9.47 Å². The summed E-state index contributed by atoms with van der Waals surface area (Å²) in [6, 6.07) is 0. The predicted octanol–water partition coefficient (Wildman–Crippen LogP) is 4.36. The molecule has 0 saturated carbocycles. The van der Waals surface area contributed by atoms with Gasteiger partial charge in [0.15, 0.2) is 0 Å². The zero-order valence-corrected chi connectivity index (χ0v) is 20.3. The standard InChI is InChI=1S/C21H38N4O3S/c1-18(2)10-14(11-19(3,4)24(18)9)27-16-17(23-29-22-16)28-15-12-20(5,6)25(26)21(7,8)13-15/h14-15,26H,10-13H2,1-9H3. The highest BCUT2D eigenvalue weighted by Gasteiger charge is 2.47. The number of nitrogens with zero attached hydrogens (tertiary/aromatic N) is 4. The van der Waals surface area contributed by atoms with Crippen LogP contribution in [0.25, 0.3) is 0 Å². The fourth-order valence-electron chi connectivity index (χ4n) is 5.26. The van der Waals surface area contributed by atoms with Gasteiger partial charge in [-0.3, -0.25) is 4.90 Å². The molecule has 1 aromatic heterocycles. The summed E-state index contributed by atoms with van der Waals surface area (Å²) < 4.78 is 21.4. The first-order valence-electron chi connectivity index (χ1n) is 10.5. The summed E-state index contributed by atoms with van der Waals surface area (Å²) in [4.78, 5) is 2.43. The van der Waals surface area contributed by atoms with Gasteiger partial charge in [0.05, 0.1) is 11.7 Å². The molecule has 7 nitrogen and oxygen atoms in total. The minimum absolute atomic E-state index is 0.0406. The van der Waals surface area contributed by atoms with Crippen LogP contribution in [0.2, 0.25) is 0 Å². The fourth-order valence-corrected chi connectivity index (χ4v) is 5.69. The van der Waals surface area contributed by atoms with Crippen LogP contribution in [0.3, 0.4) is 0 Å². The molecule has 29 heavy (non-hydrogen) atoms. The number of ether oxygens (including phenoxy) is 2. The average molecular weight is 427 g/mol. The first-order valence-corrected chi connectivity index (χ1v) is 11.3. The van der Waals surface area contributed by atoms with E-state index in [1.54, 1.807) is 0 Å². The lowest BCUT2D eigenvalue weighted by atomic mass is 9.79. The van der Waals surface area contributed by atoms with Gasteiger partial charge < -0.3 is 14.7 Å². The third kappa shape index (κ3) is 4.55. The van der Waals surface area contributed by atoms with Crippen molar-refractivity contribution in [3.8, 4) is 11.8 Å². The highest BCUT2D eigenvalue weighted by molar-refractivity contribution is 6.99. The summed E-state index contributed by atoms with van der Waals surface area (Å²) in [5.41, 5.74) is -0.671. The van der Waals surface area contributed by atoms with E-state index in [4.69, 9.17) is 9.47 Å². The van der Waals surface area contributed by atoms with Gasteiger partial charge in [0.2, 0.25) is 0 Å². The summed E-state index contributed by atoms with van der Waals surface area (Å²) in [6.45, 7) is 17.2. The van der Waals surface area contributed by atoms with Crippen molar-refractivity contribution in [1.82, 2.24) is 18.7 Å². The van der Waals surface area contributed by atoms with Gasteiger partial charge in [-0.2, -0.15) is 5.06 Å². The number of hydroxylamine groups is 2. The molecule has 8 heteroatoms. The van der Waals surface area contributed by atoms with Gasteiger partial charge in [0, 0.05) is 47.8 Å². The lowest BCUT2D eigenvalue weighted by Crippen LogP contribution is -2.61. The molecule has 3 rings (SSSR count). The van der Waals surface area contributed by atoms with Gasteiger partial charge in [-0.15, -0.1) is 8.75 Å². The fraction of sp³-hybridized carbons (Fsp3) is 0.905. The second-order valence-electron chi connectivity index (χ2n) is 11.3. The number of likely N-dealkylation sites (tertiary alicyclic amines) is 1. The highest BCUT2D eigenvalue weighted by atomic mass is 32.1. The number of piperidine rings is 2. The van der Waals surface area contributed by atoms with Crippen molar-refractivity contribution in [3.05, 3.63) is 0 Å². The minimum atomic E-state index is -0.376. The molecule has 0 amide bonds. The second-order valence-corrected chi connectivity index (χ2v) is 11.8. The summed E-state index contributed by atoms with van der Waals surface area (Å²) in [6.07, 6.45) is 3.27. The first kappa shape index (κ1) is 22.7. The molecule has 0 unspecified atom stereocenters. The van der Waals surface area contributed by atoms with Crippen molar-refractivity contribution in [3.63, 3.8) is 0 Å². The molecule has 166 valence electrons. The van der Waals surface area contributed by atoms with E-state index in [-0.39, 0.29) is 34.4 Å². The Morgan fingerprint density at radius 3 is 1.48 bits per heavy atom. The van der Waals surface area contributed by atoms with Crippen molar-refractivity contribution < 1.29 is 14.7 Å². The van der Waals surface area contributed by atoms with E-state index in [1.165, 1.54) is 5.06 Å². The van der Waals surface area contributed by atoms with Crippen LogP contribution >= 0.6 is 11.7 Å².